The lowest BCUT2D eigenvalue weighted by Crippen LogP contribution is -2.30. The maximum absolute atomic E-state index is 10.9. The van der Waals surface area contributed by atoms with Crippen molar-refractivity contribution in [3.05, 3.63) is 0 Å². The quantitative estimate of drug-likeness (QED) is 0.641. The predicted molar refractivity (Wildman–Crippen MR) is 51.1 cm³/mol. The highest BCUT2D eigenvalue weighted by atomic mass is 16.2. The van der Waals surface area contributed by atoms with E-state index in [9.17, 15) is 4.79 Å². The molecular weight excluding hydrogens is 152 g/mol. The van der Waals surface area contributed by atoms with Gasteiger partial charge in [-0.2, -0.15) is 0 Å². The maximum atomic E-state index is 10.9. The molecule has 12 heavy (non-hydrogen) atoms. The van der Waals surface area contributed by atoms with Crippen LogP contribution in [-0.4, -0.2) is 30.6 Å². The number of urea groups is 1. The minimum atomic E-state index is 0.0544. The van der Waals surface area contributed by atoms with Crippen LogP contribution in [0.2, 0.25) is 0 Å². The normalized spacial score (nSPS) is 22.0. The van der Waals surface area contributed by atoms with Gasteiger partial charge in [-0.05, 0) is 5.92 Å². The van der Waals surface area contributed by atoms with Gasteiger partial charge in [-0.1, -0.05) is 27.7 Å². The highest BCUT2D eigenvalue weighted by Crippen LogP contribution is 2.09. The standard InChI is InChI=1S/C7H14N2O.C2H6/c1-5(2)6-4-9(3)7(10)8-6;1-2/h5-6H,4H2,1-3H3,(H,8,10);1-2H3. The summed E-state index contributed by atoms with van der Waals surface area (Å²) in [6, 6.07) is 0.399. The molecule has 72 valence electrons. The summed E-state index contributed by atoms with van der Waals surface area (Å²) in [6.45, 7) is 9.07. The highest BCUT2D eigenvalue weighted by molar-refractivity contribution is 5.76. The third-order valence-electron chi connectivity index (χ3n) is 1.93. The van der Waals surface area contributed by atoms with E-state index in [2.05, 4.69) is 19.2 Å². The van der Waals surface area contributed by atoms with E-state index in [1.165, 1.54) is 0 Å². The van der Waals surface area contributed by atoms with Crippen LogP contribution >= 0.6 is 0 Å². The van der Waals surface area contributed by atoms with Crippen LogP contribution in [0.15, 0.2) is 0 Å². The summed E-state index contributed by atoms with van der Waals surface area (Å²) in [7, 11) is 1.82. The van der Waals surface area contributed by atoms with E-state index in [0.717, 1.165) is 6.54 Å². The van der Waals surface area contributed by atoms with Crippen molar-refractivity contribution in [3.63, 3.8) is 0 Å². The Hall–Kier alpha value is -0.730. The van der Waals surface area contributed by atoms with Gasteiger partial charge < -0.3 is 10.2 Å². The Morgan fingerprint density at radius 1 is 1.50 bits per heavy atom. The molecule has 1 fully saturated rings. The molecule has 1 heterocycles. The van der Waals surface area contributed by atoms with Crippen molar-refractivity contribution >= 4 is 6.03 Å². The number of nitrogens with zero attached hydrogens (tertiary/aromatic N) is 1. The first-order valence-corrected chi connectivity index (χ1v) is 4.63. The third-order valence-corrected chi connectivity index (χ3v) is 1.93. The molecule has 0 aromatic carbocycles. The molecule has 2 amide bonds. The number of likely N-dealkylation sites (N-methyl/N-ethyl adjacent to an activating group) is 1. The molecule has 1 saturated heterocycles. The van der Waals surface area contributed by atoms with E-state index in [1.807, 2.05) is 20.9 Å². The van der Waals surface area contributed by atoms with Gasteiger partial charge in [0.1, 0.15) is 0 Å². The molecule has 3 heteroatoms. The molecule has 0 spiro atoms. The largest absolute Gasteiger partial charge is 0.333 e. The zero-order chi connectivity index (χ0) is 9.72. The second-order valence-corrected chi connectivity index (χ2v) is 3.18. The molecule has 1 atom stereocenters. The van der Waals surface area contributed by atoms with E-state index < -0.39 is 0 Å². The summed E-state index contributed by atoms with van der Waals surface area (Å²) in [4.78, 5) is 12.6. The summed E-state index contributed by atoms with van der Waals surface area (Å²) >= 11 is 0. The number of amides is 2. The van der Waals surface area contributed by atoms with Crippen LogP contribution in [0.5, 0.6) is 0 Å². The average Bonchev–Trinajstić information content (AvgIpc) is 2.36. The molecular formula is C9H20N2O. The number of hydrogen-bond donors (Lipinski definition) is 1. The molecule has 0 aromatic heterocycles. The van der Waals surface area contributed by atoms with Gasteiger partial charge in [0.2, 0.25) is 0 Å². The molecule has 1 aliphatic heterocycles. The minimum Gasteiger partial charge on any atom is -0.333 e. The minimum absolute atomic E-state index is 0.0544. The van der Waals surface area contributed by atoms with Crippen LogP contribution in [0.3, 0.4) is 0 Å². The first-order chi connectivity index (χ1) is 5.61. The van der Waals surface area contributed by atoms with Crippen LogP contribution in [-0.2, 0) is 0 Å². The van der Waals surface area contributed by atoms with Crippen LogP contribution < -0.4 is 5.32 Å². The monoisotopic (exact) mass is 172 g/mol. The number of hydrogen-bond acceptors (Lipinski definition) is 1. The van der Waals surface area contributed by atoms with Gasteiger partial charge >= 0.3 is 6.03 Å². The van der Waals surface area contributed by atoms with Crippen molar-refractivity contribution in [2.75, 3.05) is 13.6 Å². The van der Waals surface area contributed by atoms with Crippen molar-refractivity contribution < 1.29 is 4.79 Å². The summed E-state index contributed by atoms with van der Waals surface area (Å²) in [6.07, 6.45) is 0. The van der Waals surface area contributed by atoms with Crippen molar-refractivity contribution in [1.29, 1.82) is 0 Å². The maximum Gasteiger partial charge on any atom is 0.317 e. The van der Waals surface area contributed by atoms with Gasteiger partial charge in [-0.15, -0.1) is 0 Å². The Kier molecular flexibility index (Phi) is 4.71. The van der Waals surface area contributed by atoms with E-state index in [1.54, 1.807) is 4.90 Å². The molecule has 0 saturated carbocycles. The van der Waals surface area contributed by atoms with Crippen molar-refractivity contribution in [2.24, 2.45) is 5.92 Å². The van der Waals surface area contributed by atoms with E-state index in [4.69, 9.17) is 0 Å². The van der Waals surface area contributed by atoms with Crippen LogP contribution in [0.25, 0.3) is 0 Å². The Labute approximate surface area is 75.1 Å². The van der Waals surface area contributed by atoms with Crippen molar-refractivity contribution in [3.8, 4) is 0 Å². The summed E-state index contributed by atoms with van der Waals surface area (Å²) in [5.74, 6) is 0.536. The first kappa shape index (κ1) is 11.3. The van der Waals surface area contributed by atoms with E-state index in [-0.39, 0.29) is 6.03 Å². The van der Waals surface area contributed by atoms with Crippen LogP contribution in [0, 0.1) is 5.92 Å². The van der Waals surface area contributed by atoms with Gasteiger partial charge in [0.25, 0.3) is 0 Å². The van der Waals surface area contributed by atoms with Gasteiger partial charge in [0, 0.05) is 13.6 Å². The Morgan fingerprint density at radius 2 is 2.00 bits per heavy atom. The highest BCUT2D eigenvalue weighted by Gasteiger charge is 2.27. The summed E-state index contributed by atoms with van der Waals surface area (Å²) < 4.78 is 0. The van der Waals surface area contributed by atoms with Gasteiger partial charge in [-0.25, -0.2) is 4.79 Å². The lowest BCUT2D eigenvalue weighted by molar-refractivity contribution is 0.226. The van der Waals surface area contributed by atoms with Crippen molar-refractivity contribution in [2.45, 2.75) is 33.7 Å². The number of nitrogens with one attached hydrogen (secondary N) is 1. The van der Waals surface area contributed by atoms with Gasteiger partial charge in [0.05, 0.1) is 6.04 Å². The smallest absolute Gasteiger partial charge is 0.317 e. The molecule has 0 bridgehead atoms. The van der Waals surface area contributed by atoms with Crippen molar-refractivity contribution in [1.82, 2.24) is 10.2 Å². The van der Waals surface area contributed by atoms with Crippen LogP contribution in [0.1, 0.15) is 27.7 Å². The van der Waals surface area contributed by atoms with E-state index >= 15 is 0 Å². The lowest BCUT2D eigenvalue weighted by atomic mass is 10.1. The number of carbonyl (C=O) groups excluding carboxylic acids is 1. The molecule has 1 rings (SSSR count). The SMILES string of the molecule is CC.CC(C)C1CN(C)C(=O)N1. The lowest BCUT2D eigenvalue weighted by Gasteiger charge is -2.12. The van der Waals surface area contributed by atoms with Gasteiger partial charge in [-0.3, -0.25) is 0 Å². The summed E-state index contributed by atoms with van der Waals surface area (Å²) in [5.41, 5.74) is 0. The fraction of sp³-hybridized carbons (Fsp3) is 0.889. The predicted octanol–water partition coefficient (Wildman–Crippen LogP) is 1.69. The second-order valence-electron chi connectivity index (χ2n) is 3.18. The molecule has 0 radical (unpaired) electrons. The fourth-order valence-corrected chi connectivity index (χ4v) is 1.07. The Bertz CT molecular complexity index is 145. The van der Waals surface area contributed by atoms with E-state index in [0.29, 0.717) is 12.0 Å². The molecule has 1 unspecified atom stereocenters. The summed E-state index contributed by atoms with van der Waals surface area (Å²) in [5, 5.41) is 2.89. The average molecular weight is 172 g/mol. The number of carbonyl (C=O) groups is 1. The fourth-order valence-electron chi connectivity index (χ4n) is 1.07. The molecule has 0 aromatic rings. The Balaban J connectivity index is 0.000000561. The molecule has 0 aliphatic carbocycles. The zero-order valence-corrected chi connectivity index (χ0v) is 8.72. The molecule has 1 aliphatic rings. The Morgan fingerprint density at radius 3 is 2.17 bits per heavy atom. The molecule has 1 N–H and O–H groups in total. The topological polar surface area (TPSA) is 32.3 Å². The zero-order valence-electron chi connectivity index (χ0n) is 8.72. The first-order valence-electron chi connectivity index (χ1n) is 4.63. The number of rotatable bonds is 1. The third kappa shape index (κ3) is 2.72. The van der Waals surface area contributed by atoms with Gasteiger partial charge in [0.15, 0.2) is 0 Å². The molecule has 3 nitrogen and oxygen atoms in total. The van der Waals surface area contributed by atoms with Crippen LogP contribution in [0.4, 0.5) is 4.79 Å². The second kappa shape index (κ2) is 5.01.